The van der Waals surface area contributed by atoms with E-state index in [0.717, 1.165) is 31.2 Å². The molecule has 1 amide bonds. The molecule has 5 heteroatoms. The molecule has 25 heavy (non-hydrogen) atoms. The van der Waals surface area contributed by atoms with Gasteiger partial charge in [-0.25, -0.2) is 4.79 Å². The van der Waals surface area contributed by atoms with Crippen LogP contribution < -0.4 is 4.74 Å². The Kier molecular flexibility index (Phi) is 5.30. The van der Waals surface area contributed by atoms with E-state index in [1.807, 2.05) is 38.1 Å². The van der Waals surface area contributed by atoms with Gasteiger partial charge in [0.1, 0.15) is 11.8 Å². The molecule has 5 nitrogen and oxygen atoms in total. The number of hydrogen-bond acceptors (Lipinski definition) is 3. The molecular formula is C20H27NO4. The van der Waals surface area contributed by atoms with E-state index in [1.165, 1.54) is 0 Å². The summed E-state index contributed by atoms with van der Waals surface area (Å²) in [6.45, 7) is 3.90. The zero-order valence-electron chi connectivity index (χ0n) is 15.0. The third-order valence-corrected chi connectivity index (χ3v) is 5.34. The van der Waals surface area contributed by atoms with Crippen molar-refractivity contribution < 1.29 is 19.4 Å². The Hall–Kier alpha value is -2.04. The summed E-state index contributed by atoms with van der Waals surface area (Å²) in [5, 5.41) is 9.60. The smallest absolute Gasteiger partial charge is 0.326 e. The third-order valence-electron chi connectivity index (χ3n) is 5.34. The Morgan fingerprint density at radius 2 is 1.96 bits per heavy atom. The van der Waals surface area contributed by atoms with Gasteiger partial charge in [0.05, 0.1) is 12.5 Å². The normalized spacial score (nSPS) is 25.7. The van der Waals surface area contributed by atoms with Crippen LogP contribution in [-0.2, 0) is 16.0 Å². The van der Waals surface area contributed by atoms with Gasteiger partial charge in [0.2, 0.25) is 5.91 Å². The summed E-state index contributed by atoms with van der Waals surface area (Å²) in [6.07, 6.45) is 4.98. The van der Waals surface area contributed by atoms with Crippen molar-refractivity contribution in [3.63, 3.8) is 0 Å². The maximum absolute atomic E-state index is 13.0. The molecule has 1 aliphatic carbocycles. The summed E-state index contributed by atoms with van der Waals surface area (Å²) in [6, 6.07) is 6.93. The number of nitrogens with zero attached hydrogens (tertiary/aromatic N) is 1. The van der Waals surface area contributed by atoms with E-state index >= 15 is 0 Å². The van der Waals surface area contributed by atoms with Crippen molar-refractivity contribution in [3.05, 3.63) is 29.8 Å². The van der Waals surface area contributed by atoms with Gasteiger partial charge in [0, 0.05) is 11.6 Å². The lowest BCUT2D eigenvalue weighted by molar-refractivity contribution is -0.149. The monoisotopic (exact) mass is 345 g/mol. The quantitative estimate of drug-likeness (QED) is 0.889. The molecule has 1 aromatic rings. The number of carbonyl (C=O) groups excluding carboxylic acids is 1. The standard InChI is InChI=1S/C20H27NO4/c1-13(2)25-18-10-6-4-8-15(18)12-19(22)21-16-9-5-3-7-14(16)11-17(21)20(23)24/h4,6,8,10,13-14,16-17H,3,5,7,9,11-12H2,1-2H3,(H,23,24). The summed E-state index contributed by atoms with van der Waals surface area (Å²) in [5.74, 6) is 0.0640. The maximum atomic E-state index is 13.0. The summed E-state index contributed by atoms with van der Waals surface area (Å²) in [4.78, 5) is 26.4. The first-order valence-electron chi connectivity index (χ1n) is 9.26. The van der Waals surface area contributed by atoms with Crippen LogP contribution in [0.25, 0.3) is 0 Å². The van der Waals surface area contributed by atoms with Crippen LogP contribution in [0.5, 0.6) is 5.75 Å². The van der Waals surface area contributed by atoms with Crippen molar-refractivity contribution in [2.24, 2.45) is 5.92 Å². The number of ether oxygens (including phenoxy) is 1. The fraction of sp³-hybridized carbons (Fsp3) is 0.600. The van der Waals surface area contributed by atoms with E-state index in [-0.39, 0.29) is 24.5 Å². The average Bonchev–Trinajstić information content (AvgIpc) is 2.96. The van der Waals surface area contributed by atoms with Gasteiger partial charge in [-0.2, -0.15) is 0 Å². The summed E-state index contributed by atoms with van der Waals surface area (Å²) in [5.41, 5.74) is 0.824. The highest BCUT2D eigenvalue weighted by molar-refractivity contribution is 5.86. The molecule has 3 unspecified atom stereocenters. The number of fused-ring (bicyclic) bond motifs is 1. The average molecular weight is 345 g/mol. The van der Waals surface area contributed by atoms with Crippen LogP contribution >= 0.6 is 0 Å². The van der Waals surface area contributed by atoms with Crippen LogP contribution in [0.2, 0.25) is 0 Å². The Labute approximate surface area is 149 Å². The van der Waals surface area contributed by atoms with Crippen LogP contribution in [-0.4, -0.2) is 40.1 Å². The molecule has 0 spiro atoms. The molecule has 1 N–H and O–H groups in total. The van der Waals surface area contributed by atoms with Gasteiger partial charge in [-0.05, 0) is 45.1 Å². The lowest BCUT2D eigenvalue weighted by Crippen LogP contribution is -2.46. The topological polar surface area (TPSA) is 66.8 Å². The first-order chi connectivity index (χ1) is 12.0. The summed E-state index contributed by atoms with van der Waals surface area (Å²) < 4.78 is 5.80. The van der Waals surface area contributed by atoms with Crippen molar-refractivity contribution in [1.29, 1.82) is 0 Å². The number of para-hydroxylation sites is 1. The van der Waals surface area contributed by atoms with Crippen LogP contribution in [0.4, 0.5) is 0 Å². The zero-order chi connectivity index (χ0) is 18.0. The van der Waals surface area contributed by atoms with E-state index in [1.54, 1.807) is 4.90 Å². The molecule has 0 aromatic heterocycles. The van der Waals surface area contributed by atoms with Gasteiger partial charge in [0.25, 0.3) is 0 Å². The molecule has 1 saturated carbocycles. The van der Waals surface area contributed by atoms with E-state index < -0.39 is 12.0 Å². The predicted molar refractivity (Wildman–Crippen MR) is 94.5 cm³/mol. The largest absolute Gasteiger partial charge is 0.491 e. The molecule has 1 saturated heterocycles. The fourth-order valence-electron chi connectivity index (χ4n) is 4.31. The number of likely N-dealkylation sites (tertiary alicyclic amines) is 1. The van der Waals surface area contributed by atoms with Crippen molar-refractivity contribution in [2.45, 2.75) is 70.6 Å². The number of amides is 1. The predicted octanol–water partition coefficient (Wildman–Crippen LogP) is 3.26. The zero-order valence-corrected chi connectivity index (χ0v) is 15.0. The molecule has 1 aliphatic heterocycles. The number of carboxylic acids is 1. The highest BCUT2D eigenvalue weighted by Crippen LogP contribution is 2.40. The van der Waals surface area contributed by atoms with Crippen molar-refractivity contribution in [3.8, 4) is 5.75 Å². The first-order valence-corrected chi connectivity index (χ1v) is 9.26. The lowest BCUT2D eigenvalue weighted by Gasteiger charge is -2.33. The number of carboxylic acid groups (broad SMARTS) is 1. The first kappa shape index (κ1) is 17.8. The minimum Gasteiger partial charge on any atom is -0.491 e. The molecule has 3 atom stereocenters. The molecule has 3 rings (SSSR count). The number of rotatable bonds is 5. The Morgan fingerprint density at radius 1 is 1.24 bits per heavy atom. The number of hydrogen-bond donors (Lipinski definition) is 1. The molecular weight excluding hydrogens is 318 g/mol. The molecule has 0 radical (unpaired) electrons. The van der Waals surface area contributed by atoms with Crippen LogP contribution in [0.15, 0.2) is 24.3 Å². The van der Waals surface area contributed by atoms with Gasteiger partial charge in [-0.3, -0.25) is 4.79 Å². The molecule has 136 valence electrons. The van der Waals surface area contributed by atoms with Gasteiger partial charge in [0.15, 0.2) is 0 Å². The van der Waals surface area contributed by atoms with E-state index in [9.17, 15) is 14.7 Å². The lowest BCUT2D eigenvalue weighted by atomic mass is 9.84. The molecule has 2 fully saturated rings. The molecule has 0 bridgehead atoms. The minimum atomic E-state index is -0.880. The van der Waals surface area contributed by atoms with Gasteiger partial charge in [-0.15, -0.1) is 0 Å². The highest BCUT2D eigenvalue weighted by Gasteiger charge is 2.47. The molecule has 1 aromatic carbocycles. The van der Waals surface area contributed by atoms with Crippen LogP contribution in [0.1, 0.15) is 51.5 Å². The number of carbonyl (C=O) groups is 2. The van der Waals surface area contributed by atoms with Crippen molar-refractivity contribution in [1.82, 2.24) is 4.90 Å². The molecule has 2 aliphatic rings. The third kappa shape index (κ3) is 3.80. The van der Waals surface area contributed by atoms with Crippen molar-refractivity contribution >= 4 is 11.9 Å². The SMILES string of the molecule is CC(C)Oc1ccccc1CC(=O)N1C(C(=O)O)CC2CCCCC21. The van der Waals surface area contributed by atoms with Gasteiger partial charge < -0.3 is 14.7 Å². The summed E-state index contributed by atoms with van der Waals surface area (Å²) >= 11 is 0. The minimum absolute atomic E-state index is 0.0255. The maximum Gasteiger partial charge on any atom is 0.326 e. The van der Waals surface area contributed by atoms with Crippen LogP contribution in [0, 0.1) is 5.92 Å². The van der Waals surface area contributed by atoms with E-state index in [2.05, 4.69) is 0 Å². The Balaban J connectivity index is 1.80. The van der Waals surface area contributed by atoms with Gasteiger partial charge in [-0.1, -0.05) is 31.0 Å². The van der Waals surface area contributed by atoms with E-state index in [0.29, 0.717) is 18.1 Å². The van der Waals surface area contributed by atoms with Crippen molar-refractivity contribution in [2.75, 3.05) is 0 Å². The van der Waals surface area contributed by atoms with Gasteiger partial charge >= 0.3 is 5.97 Å². The Morgan fingerprint density at radius 3 is 2.68 bits per heavy atom. The van der Waals surface area contributed by atoms with Crippen LogP contribution in [0.3, 0.4) is 0 Å². The Bertz CT molecular complexity index is 642. The summed E-state index contributed by atoms with van der Waals surface area (Å²) in [7, 11) is 0. The van der Waals surface area contributed by atoms with E-state index in [4.69, 9.17) is 4.74 Å². The second-order valence-corrected chi connectivity index (χ2v) is 7.45. The molecule has 1 heterocycles. The highest BCUT2D eigenvalue weighted by atomic mass is 16.5. The second kappa shape index (κ2) is 7.46. The number of benzene rings is 1. The number of aliphatic carboxylic acids is 1. The fourth-order valence-corrected chi connectivity index (χ4v) is 4.31. The second-order valence-electron chi connectivity index (χ2n) is 7.45.